The van der Waals surface area contributed by atoms with E-state index >= 15 is 0 Å². The molecule has 2 aromatic heterocycles. The van der Waals surface area contributed by atoms with E-state index in [4.69, 9.17) is 9.52 Å². The number of benzene rings is 1. The highest BCUT2D eigenvalue weighted by molar-refractivity contribution is 7.92. The van der Waals surface area contributed by atoms with Gasteiger partial charge in [-0.05, 0) is 68.4 Å². The van der Waals surface area contributed by atoms with Gasteiger partial charge in [0.2, 0.25) is 10.0 Å². The van der Waals surface area contributed by atoms with Crippen molar-refractivity contribution in [3.8, 4) is 0 Å². The third-order valence-corrected chi connectivity index (χ3v) is 9.65. The molecule has 3 aromatic rings. The molecule has 3 aliphatic rings. The third-order valence-electron chi connectivity index (χ3n) is 8.38. The smallest absolute Gasteiger partial charge is 0.258 e. The first-order valence-corrected chi connectivity index (χ1v) is 15.3. The van der Waals surface area contributed by atoms with Crippen molar-refractivity contribution in [1.82, 2.24) is 4.98 Å². The molecule has 12 heteroatoms. The molecule has 0 radical (unpaired) electrons. The molecule has 3 N–H and O–H groups in total. The van der Waals surface area contributed by atoms with Gasteiger partial charge in [-0.2, -0.15) is 0 Å². The topological polar surface area (TPSA) is 128 Å². The lowest BCUT2D eigenvalue weighted by molar-refractivity contribution is 0.102. The molecule has 214 valence electrons. The van der Waals surface area contributed by atoms with Crippen molar-refractivity contribution in [2.45, 2.75) is 44.7 Å². The fourth-order valence-electron chi connectivity index (χ4n) is 5.82. The number of hydrogen-bond donors (Lipinski definition) is 3. The van der Waals surface area contributed by atoms with Crippen molar-refractivity contribution in [1.29, 1.82) is 0 Å². The average molecular weight is 572 g/mol. The number of carbonyl (C=O) groups excluding carboxylic acids is 1. The fraction of sp³-hybridized carbons (Fsp3) is 0.500. The van der Waals surface area contributed by atoms with Gasteiger partial charge in [-0.15, -0.1) is 0 Å². The van der Waals surface area contributed by atoms with Crippen molar-refractivity contribution in [3.63, 3.8) is 0 Å². The summed E-state index contributed by atoms with van der Waals surface area (Å²) < 4.78 is 47.4. The van der Waals surface area contributed by atoms with E-state index in [9.17, 15) is 17.6 Å². The van der Waals surface area contributed by atoms with E-state index in [0.717, 1.165) is 31.3 Å². The third kappa shape index (κ3) is 5.46. The van der Waals surface area contributed by atoms with E-state index in [1.54, 1.807) is 43.5 Å². The number of amides is 1. The minimum Gasteiger partial charge on any atom is -0.460 e. The highest BCUT2D eigenvalue weighted by atomic mass is 32.2. The monoisotopic (exact) mass is 571 g/mol. The number of anilines is 4. The summed E-state index contributed by atoms with van der Waals surface area (Å²) in [5.74, 6) is -0.00111. The van der Waals surface area contributed by atoms with E-state index in [0.29, 0.717) is 52.5 Å². The minimum absolute atomic E-state index is 0.182. The van der Waals surface area contributed by atoms with Crippen LogP contribution in [0, 0.1) is 5.41 Å². The number of furan rings is 1. The minimum atomic E-state index is -3.73. The molecule has 2 aliphatic heterocycles. The molecule has 4 heterocycles. The highest BCUT2D eigenvalue weighted by Crippen LogP contribution is 2.54. The molecule has 2 saturated heterocycles. The van der Waals surface area contributed by atoms with Crippen LogP contribution in [0.2, 0.25) is 0 Å². The maximum atomic E-state index is 14.6. The first-order chi connectivity index (χ1) is 19.1. The van der Waals surface area contributed by atoms with Gasteiger partial charge in [-0.1, -0.05) is 0 Å². The Hall–Kier alpha value is -3.38. The number of halogens is 1. The number of hydrogen-bond acceptors (Lipinski definition) is 8. The number of rotatable bonds is 8. The maximum Gasteiger partial charge on any atom is 0.258 e. The number of piperidine rings is 1. The number of nitrogens with one attached hydrogen (secondary N) is 2. The van der Waals surface area contributed by atoms with Crippen molar-refractivity contribution >= 4 is 49.9 Å². The molecule has 10 nitrogen and oxygen atoms in total. The van der Waals surface area contributed by atoms with Crippen LogP contribution in [0.1, 0.15) is 49.4 Å². The number of alkyl halides is 1. The Morgan fingerprint density at radius 2 is 1.85 bits per heavy atom. The lowest BCUT2D eigenvalue weighted by Crippen LogP contribution is -2.35. The molecule has 1 atom stereocenters. The van der Waals surface area contributed by atoms with Gasteiger partial charge in [-0.25, -0.2) is 17.8 Å². The molecule has 1 amide bonds. The molecule has 1 spiro atoms. The van der Waals surface area contributed by atoms with Gasteiger partial charge in [0.25, 0.3) is 5.91 Å². The summed E-state index contributed by atoms with van der Waals surface area (Å²) in [6.07, 6.45) is 6.45. The molecule has 3 fully saturated rings. The first-order valence-electron chi connectivity index (χ1n) is 13.7. The van der Waals surface area contributed by atoms with Gasteiger partial charge in [0.05, 0.1) is 42.1 Å². The fourth-order valence-corrected chi connectivity index (χ4v) is 6.65. The van der Waals surface area contributed by atoms with Crippen LogP contribution in [0.5, 0.6) is 0 Å². The van der Waals surface area contributed by atoms with Crippen molar-refractivity contribution in [2.24, 2.45) is 5.41 Å². The van der Waals surface area contributed by atoms with Crippen LogP contribution in [-0.4, -0.2) is 68.6 Å². The summed E-state index contributed by atoms with van der Waals surface area (Å²) in [6, 6.07) is 8.33. The zero-order valence-electron chi connectivity index (χ0n) is 22.5. The normalized spacial score (nSPS) is 22.2. The van der Waals surface area contributed by atoms with Crippen LogP contribution in [-0.2, 0) is 10.0 Å². The summed E-state index contributed by atoms with van der Waals surface area (Å²) in [7, 11) is -3.73. The Bertz CT molecular complexity index is 1540. The molecule has 1 unspecified atom stereocenters. The van der Waals surface area contributed by atoms with E-state index < -0.39 is 28.1 Å². The number of aromatic nitrogens is 1. The van der Waals surface area contributed by atoms with Gasteiger partial charge >= 0.3 is 0 Å². The van der Waals surface area contributed by atoms with E-state index in [1.807, 2.05) is 4.90 Å². The molecule has 1 aromatic carbocycles. The van der Waals surface area contributed by atoms with Crippen LogP contribution in [0.25, 0.3) is 11.0 Å². The lowest BCUT2D eigenvalue weighted by Gasteiger charge is -2.35. The Kier molecular flexibility index (Phi) is 6.65. The molecule has 6 rings (SSSR count). The van der Waals surface area contributed by atoms with Crippen molar-refractivity contribution in [3.05, 3.63) is 42.2 Å². The van der Waals surface area contributed by atoms with E-state index in [2.05, 4.69) is 19.9 Å². The van der Waals surface area contributed by atoms with E-state index in [1.165, 1.54) is 12.8 Å². The number of aliphatic hydroxyl groups is 1. The zero-order chi connectivity index (χ0) is 28.1. The van der Waals surface area contributed by atoms with Crippen molar-refractivity contribution in [2.75, 3.05) is 58.4 Å². The number of fused-ring (bicyclic) bond motifs is 1. The molecular formula is C28H34FN5O5S. The van der Waals surface area contributed by atoms with Gasteiger partial charge in [0, 0.05) is 31.4 Å². The average Bonchev–Trinajstić information content (AvgIpc) is 3.30. The number of carbonyl (C=O) groups is 1. The van der Waals surface area contributed by atoms with Crippen LogP contribution in [0.3, 0.4) is 0 Å². The largest absolute Gasteiger partial charge is 0.460 e. The van der Waals surface area contributed by atoms with Crippen LogP contribution in [0.15, 0.2) is 41.0 Å². The second kappa shape index (κ2) is 9.91. The van der Waals surface area contributed by atoms with Crippen molar-refractivity contribution < 1.29 is 27.1 Å². The van der Waals surface area contributed by atoms with Crippen LogP contribution < -0.4 is 19.8 Å². The molecule has 40 heavy (non-hydrogen) atoms. The number of nitrogens with zero attached hydrogens (tertiary/aromatic N) is 3. The predicted molar refractivity (Wildman–Crippen MR) is 152 cm³/mol. The summed E-state index contributed by atoms with van der Waals surface area (Å²) in [5, 5.41) is 12.8. The van der Waals surface area contributed by atoms with E-state index in [-0.39, 0.29) is 12.5 Å². The molecule has 1 aliphatic carbocycles. The Morgan fingerprint density at radius 1 is 1.10 bits per heavy atom. The highest BCUT2D eigenvalue weighted by Gasteiger charge is 2.44. The van der Waals surface area contributed by atoms with Crippen LogP contribution in [0.4, 0.5) is 27.4 Å². The molecular weight excluding hydrogens is 537 g/mol. The summed E-state index contributed by atoms with van der Waals surface area (Å²) in [5.41, 5.74) is 0.987. The Balaban J connectivity index is 1.30. The number of sulfonamides is 1. The number of aliphatic hydroxyl groups excluding tert-OH is 1. The zero-order valence-corrected chi connectivity index (χ0v) is 23.3. The second-order valence-electron chi connectivity index (χ2n) is 11.6. The number of pyridine rings is 1. The predicted octanol–water partition coefficient (Wildman–Crippen LogP) is 4.13. The van der Waals surface area contributed by atoms with Gasteiger partial charge in [0.15, 0.2) is 11.4 Å². The quantitative estimate of drug-likeness (QED) is 0.368. The lowest BCUT2D eigenvalue weighted by atomic mass is 9.93. The Morgan fingerprint density at radius 3 is 2.52 bits per heavy atom. The molecule has 1 saturated carbocycles. The first kappa shape index (κ1) is 26.8. The summed E-state index contributed by atoms with van der Waals surface area (Å²) >= 11 is 0. The summed E-state index contributed by atoms with van der Waals surface area (Å²) in [6.45, 7) is 3.29. The van der Waals surface area contributed by atoms with Gasteiger partial charge in [-0.3, -0.25) is 9.52 Å². The Labute approximate surface area is 232 Å². The summed E-state index contributed by atoms with van der Waals surface area (Å²) in [4.78, 5) is 22.3. The standard InChI is InChI=1S/C28H34FN5O5S/c1-27(29)7-10-34(18-27)25-24-19(4-14-39-24)16-23(30-25)31-26(36)21-3-2-20(32-40(37,38)15-13-35)17-22(21)33-11-8-28(5-6-28)9-12-33/h2-4,14,16-17,32,35H,5-13,15,18H2,1H3,(H,30,31,36). The van der Waals surface area contributed by atoms with Gasteiger partial charge in [0.1, 0.15) is 11.5 Å². The maximum absolute atomic E-state index is 14.6. The van der Waals surface area contributed by atoms with Crippen LogP contribution >= 0.6 is 0 Å². The van der Waals surface area contributed by atoms with Gasteiger partial charge < -0.3 is 24.6 Å². The molecule has 0 bridgehead atoms. The second-order valence-corrected chi connectivity index (χ2v) is 13.4. The SMILES string of the molecule is CC1(F)CCN(c2nc(NC(=O)c3ccc(NS(=O)(=O)CCO)cc3N3CCC4(CC3)CC4)cc3ccoc23)C1.